The molecule has 0 unspecified atom stereocenters. The van der Waals surface area contributed by atoms with E-state index in [-0.39, 0.29) is 11.8 Å². The summed E-state index contributed by atoms with van der Waals surface area (Å²) in [5.74, 6) is 0.985. The third-order valence-electron chi connectivity index (χ3n) is 2.45. The highest BCUT2D eigenvalue weighted by atomic mass is 16.5. The summed E-state index contributed by atoms with van der Waals surface area (Å²) in [6.45, 7) is 4.03. The molecule has 3 nitrogen and oxygen atoms in total. The molecule has 1 aliphatic carbocycles. The van der Waals surface area contributed by atoms with Crippen molar-refractivity contribution in [3.05, 3.63) is 36.9 Å². The minimum absolute atomic E-state index is 0.0923. The molecule has 0 bridgehead atoms. The fourth-order valence-electron chi connectivity index (χ4n) is 1.42. The van der Waals surface area contributed by atoms with Gasteiger partial charge in [0.15, 0.2) is 0 Å². The van der Waals surface area contributed by atoms with Crippen LogP contribution in [0.15, 0.2) is 36.9 Å². The maximum atomic E-state index is 11.6. The minimum atomic E-state index is 0.0923. The smallest absolute Gasteiger partial charge is 0.227 e. The topological polar surface area (TPSA) is 38.3 Å². The lowest BCUT2D eigenvalue weighted by Gasteiger charge is -2.10. The van der Waals surface area contributed by atoms with Gasteiger partial charge in [-0.15, -0.1) is 0 Å². The van der Waals surface area contributed by atoms with E-state index in [4.69, 9.17) is 4.74 Å². The number of rotatable bonds is 5. The van der Waals surface area contributed by atoms with Crippen LogP contribution in [0.4, 0.5) is 5.69 Å². The van der Waals surface area contributed by atoms with Gasteiger partial charge in [-0.1, -0.05) is 24.8 Å². The van der Waals surface area contributed by atoms with Crippen molar-refractivity contribution in [2.24, 2.45) is 5.92 Å². The van der Waals surface area contributed by atoms with Gasteiger partial charge in [-0.2, -0.15) is 0 Å². The lowest BCUT2D eigenvalue weighted by molar-refractivity contribution is -0.117. The number of para-hydroxylation sites is 2. The van der Waals surface area contributed by atoms with Crippen LogP contribution in [0.25, 0.3) is 0 Å². The molecule has 0 saturated heterocycles. The minimum Gasteiger partial charge on any atom is -0.487 e. The Hall–Kier alpha value is -1.77. The zero-order valence-electron chi connectivity index (χ0n) is 9.11. The second-order valence-corrected chi connectivity index (χ2v) is 3.86. The predicted molar refractivity (Wildman–Crippen MR) is 63.5 cm³/mol. The van der Waals surface area contributed by atoms with Crippen LogP contribution in [0.2, 0.25) is 0 Å². The summed E-state index contributed by atoms with van der Waals surface area (Å²) < 4.78 is 5.45. The second kappa shape index (κ2) is 4.84. The fraction of sp³-hybridized carbons (Fsp3) is 0.308. The maximum Gasteiger partial charge on any atom is 0.227 e. The zero-order chi connectivity index (χ0) is 11.4. The van der Waals surface area contributed by atoms with Gasteiger partial charge in [0, 0.05) is 5.92 Å². The largest absolute Gasteiger partial charge is 0.487 e. The van der Waals surface area contributed by atoms with Crippen LogP contribution in [0.5, 0.6) is 5.75 Å². The Kier molecular flexibility index (Phi) is 3.25. The normalized spacial score (nSPS) is 14.2. The van der Waals surface area contributed by atoms with Crippen molar-refractivity contribution in [3.8, 4) is 5.75 Å². The molecule has 3 heteroatoms. The first kappa shape index (κ1) is 10.7. The summed E-state index contributed by atoms with van der Waals surface area (Å²) in [4.78, 5) is 11.6. The Morgan fingerprint density at radius 2 is 2.25 bits per heavy atom. The van der Waals surface area contributed by atoms with Gasteiger partial charge in [0.05, 0.1) is 5.69 Å². The third kappa shape index (κ3) is 2.63. The van der Waals surface area contributed by atoms with Crippen molar-refractivity contribution in [3.63, 3.8) is 0 Å². The van der Waals surface area contributed by atoms with E-state index in [1.807, 2.05) is 24.3 Å². The third-order valence-corrected chi connectivity index (χ3v) is 2.45. The first-order valence-electron chi connectivity index (χ1n) is 5.45. The predicted octanol–water partition coefficient (Wildman–Crippen LogP) is 2.60. The lowest BCUT2D eigenvalue weighted by Crippen LogP contribution is -2.14. The quantitative estimate of drug-likeness (QED) is 0.770. The van der Waals surface area contributed by atoms with E-state index in [0.29, 0.717) is 12.4 Å². The number of nitrogens with one attached hydrogen (secondary N) is 1. The number of amides is 1. The molecule has 0 atom stereocenters. The highest BCUT2D eigenvalue weighted by molar-refractivity contribution is 5.95. The van der Waals surface area contributed by atoms with Crippen LogP contribution in [-0.2, 0) is 4.79 Å². The van der Waals surface area contributed by atoms with E-state index in [1.165, 1.54) is 0 Å². The number of benzene rings is 1. The molecule has 0 aliphatic heterocycles. The SMILES string of the molecule is C=CCOc1ccccc1NC(=O)C1CC1. The van der Waals surface area contributed by atoms with Gasteiger partial charge >= 0.3 is 0 Å². The number of ether oxygens (including phenoxy) is 1. The van der Waals surface area contributed by atoms with E-state index < -0.39 is 0 Å². The molecule has 1 amide bonds. The highest BCUT2D eigenvalue weighted by Gasteiger charge is 2.29. The summed E-state index contributed by atoms with van der Waals surface area (Å²) in [6, 6.07) is 7.44. The van der Waals surface area contributed by atoms with Crippen molar-refractivity contribution in [2.45, 2.75) is 12.8 Å². The fourth-order valence-corrected chi connectivity index (χ4v) is 1.42. The summed E-state index contributed by atoms with van der Waals surface area (Å²) in [7, 11) is 0. The Labute approximate surface area is 95.1 Å². The van der Waals surface area contributed by atoms with Gasteiger partial charge in [-0.25, -0.2) is 0 Å². The molecule has 2 rings (SSSR count). The second-order valence-electron chi connectivity index (χ2n) is 3.86. The Morgan fingerprint density at radius 3 is 2.94 bits per heavy atom. The van der Waals surface area contributed by atoms with Crippen molar-refractivity contribution >= 4 is 11.6 Å². The molecule has 1 N–H and O–H groups in total. The van der Waals surface area contributed by atoms with Crippen LogP contribution in [-0.4, -0.2) is 12.5 Å². The Morgan fingerprint density at radius 1 is 1.50 bits per heavy atom. The van der Waals surface area contributed by atoms with E-state index in [9.17, 15) is 4.79 Å². The molecule has 0 aromatic heterocycles. The summed E-state index contributed by atoms with van der Waals surface area (Å²) in [6.07, 6.45) is 3.68. The first-order valence-corrected chi connectivity index (χ1v) is 5.45. The van der Waals surface area contributed by atoms with E-state index in [2.05, 4.69) is 11.9 Å². The molecule has 1 aliphatic rings. The van der Waals surface area contributed by atoms with Crippen molar-refractivity contribution in [1.29, 1.82) is 0 Å². The zero-order valence-corrected chi connectivity index (χ0v) is 9.11. The van der Waals surface area contributed by atoms with Gasteiger partial charge in [0.1, 0.15) is 12.4 Å². The number of carbonyl (C=O) groups is 1. The summed E-state index contributed by atoms with van der Waals surface area (Å²) in [5.41, 5.74) is 0.737. The average molecular weight is 217 g/mol. The van der Waals surface area contributed by atoms with Gasteiger partial charge in [0.25, 0.3) is 0 Å². The van der Waals surface area contributed by atoms with E-state index in [0.717, 1.165) is 18.5 Å². The molecular formula is C13H15NO2. The molecule has 1 saturated carbocycles. The average Bonchev–Trinajstić information content (AvgIpc) is 3.11. The van der Waals surface area contributed by atoms with Crippen molar-refractivity contribution < 1.29 is 9.53 Å². The van der Waals surface area contributed by atoms with E-state index >= 15 is 0 Å². The van der Waals surface area contributed by atoms with Gasteiger partial charge in [-0.05, 0) is 25.0 Å². The number of hydrogen-bond donors (Lipinski definition) is 1. The Balaban J connectivity index is 2.05. The molecular weight excluding hydrogens is 202 g/mol. The van der Waals surface area contributed by atoms with Crippen LogP contribution in [0, 0.1) is 5.92 Å². The highest BCUT2D eigenvalue weighted by Crippen LogP contribution is 2.32. The molecule has 1 aromatic carbocycles. The molecule has 84 valence electrons. The maximum absolute atomic E-state index is 11.6. The number of hydrogen-bond acceptors (Lipinski definition) is 2. The monoisotopic (exact) mass is 217 g/mol. The van der Waals surface area contributed by atoms with Gasteiger partial charge < -0.3 is 10.1 Å². The van der Waals surface area contributed by atoms with Crippen molar-refractivity contribution in [2.75, 3.05) is 11.9 Å². The number of anilines is 1. The van der Waals surface area contributed by atoms with Crippen LogP contribution < -0.4 is 10.1 Å². The molecule has 0 heterocycles. The van der Waals surface area contributed by atoms with Gasteiger partial charge in [-0.3, -0.25) is 4.79 Å². The molecule has 0 spiro atoms. The van der Waals surface area contributed by atoms with Crippen LogP contribution >= 0.6 is 0 Å². The number of carbonyl (C=O) groups excluding carboxylic acids is 1. The van der Waals surface area contributed by atoms with Crippen LogP contribution in [0.1, 0.15) is 12.8 Å². The molecule has 1 aromatic rings. The summed E-state index contributed by atoms with van der Waals surface area (Å²) >= 11 is 0. The van der Waals surface area contributed by atoms with Crippen molar-refractivity contribution in [1.82, 2.24) is 0 Å². The standard InChI is InChI=1S/C13H15NO2/c1-2-9-16-12-6-4-3-5-11(12)14-13(15)10-7-8-10/h2-6,10H,1,7-9H2,(H,14,15). The molecule has 16 heavy (non-hydrogen) atoms. The van der Waals surface area contributed by atoms with Gasteiger partial charge in [0.2, 0.25) is 5.91 Å². The van der Waals surface area contributed by atoms with E-state index in [1.54, 1.807) is 6.08 Å². The lowest BCUT2D eigenvalue weighted by atomic mass is 10.2. The molecule has 0 radical (unpaired) electrons. The first-order chi connectivity index (χ1) is 7.81. The Bertz CT molecular complexity index is 397. The molecule has 1 fully saturated rings. The van der Waals surface area contributed by atoms with Crippen LogP contribution in [0.3, 0.4) is 0 Å². The summed E-state index contributed by atoms with van der Waals surface area (Å²) in [5, 5.41) is 2.88.